The zero-order valence-corrected chi connectivity index (χ0v) is 21.3. The molecule has 3 aliphatic rings. The van der Waals surface area contributed by atoms with Gasteiger partial charge in [0.25, 0.3) is 0 Å². The molecule has 3 aromatic rings. The summed E-state index contributed by atoms with van der Waals surface area (Å²) in [6.45, 7) is 12.8. The number of nitrogens with one attached hydrogen (secondary N) is 1. The highest BCUT2D eigenvalue weighted by molar-refractivity contribution is 7.01. The molecule has 168 valence electrons. The summed E-state index contributed by atoms with van der Waals surface area (Å²) in [5.41, 5.74) is 8.53. The monoisotopic (exact) mass is 452 g/mol. The van der Waals surface area contributed by atoms with E-state index >= 15 is 0 Å². The molecule has 6 rings (SSSR count). The average molecular weight is 453 g/mol. The fraction of sp³-hybridized carbons (Fsp3) is 0.345. The van der Waals surface area contributed by atoms with Gasteiger partial charge in [-0.3, -0.25) is 0 Å². The van der Waals surface area contributed by atoms with Crippen molar-refractivity contribution >= 4 is 29.7 Å². The van der Waals surface area contributed by atoms with E-state index < -0.39 is 8.07 Å². The molecule has 3 aliphatic heterocycles. The second-order valence-electron chi connectivity index (χ2n) is 10.5. The van der Waals surface area contributed by atoms with Crippen LogP contribution in [0, 0.1) is 6.92 Å². The van der Waals surface area contributed by atoms with Gasteiger partial charge in [0.2, 0.25) is 5.36 Å². The van der Waals surface area contributed by atoms with Crippen LogP contribution in [0.25, 0.3) is 5.57 Å². The van der Waals surface area contributed by atoms with E-state index in [4.69, 9.17) is 0 Å². The first kappa shape index (κ1) is 20.9. The van der Waals surface area contributed by atoms with E-state index in [0.717, 1.165) is 39.1 Å². The number of hydrogen-bond acceptors (Lipinski definition) is 2. The SMILES string of the molecule is Cc1ccccc1C1=c2cc3c(cc2[Si](C)(C)c2cc(N4CCNCC4)ccc21)=[N+](C)CC3. The Labute approximate surface area is 198 Å². The minimum atomic E-state index is -1.88. The predicted molar refractivity (Wildman–Crippen MR) is 142 cm³/mol. The van der Waals surface area contributed by atoms with Crippen LogP contribution < -0.4 is 35.7 Å². The third-order valence-electron chi connectivity index (χ3n) is 8.13. The lowest BCUT2D eigenvalue weighted by Crippen LogP contribution is -2.64. The number of fused-ring (bicyclic) bond motifs is 3. The van der Waals surface area contributed by atoms with Crippen molar-refractivity contribution in [3.05, 3.63) is 87.4 Å². The molecule has 0 atom stereocenters. The van der Waals surface area contributed by atoms with Gasteiger partial charge >= 0.3 is 0 Å². The maximum absolute atomic E-state index is 3.50. The first-order valence-corrected chi connectivity index (χ1v) is 15.4. The van der Waals surface area contributed by atoms with Crippen molar-refractivity contribution in [1.82, 2.24) is 9.89 Å². The summed E-state index contributed by atoms with van der Waals surface area (Å²) in [5.74, 6) is 0. The van der Waals surface area contributed by atoms with Crippen LogP contribution in [-0.2, 0) is 6.42 Å². The normalized spacial score (nSPS) is 18.7. The fourth-order valence-electron chi connectivity index (χ4n) is 6.14. The molecule has 0 bridgehead atoms. The van der Waals surface area contributed by atoms with Crippen molar-refractivity contribution in [2.45, 2.75) is 26.4 Å². The Morgan fingerprint density at radius 1 is 0.909 bits per heavy atom. The smallest absolute Gasteiger partial charge is 0.203 e. The maximum atomic E-state index is 3.50. The standard InChI is InChI=1S/C29H34N3Si/c1-20-7-5-6-8-23(20)29-24-10-9-22(32-15-12-30-13-16-32)18-27(24)33(3,4)28-19-26-21(17-25(28)29)11-14-31(26)2/h5-10,17-19,30H,11-16H2,1-4H3/q+1. The lowest BCUT2D eigenvalue weighted by atomic mass is 9.91. The average Bonchev–Trinajstić information content (AvgIpc) is 3.20. The van der Waals surface area contributed by atoms with Crippen LogP contribution in [0.1, 0.15) is 22.3 Å². The van der Waals surface area contributed by atoms with Gasteiger partial charge in [0.05, 0.1) is 0 Å². The molecule has 1 N–H and O–H groups in total. The Morgan fingerprint density at radius 3 is 2.48 bits per heavy atom. The van der Waals surface area contributed by atoms with Gasteiger partial charge in [0, 0.05) is 49.9 Å². The molecule has 0 spiro atoms. The summed E-state index contributed by atoms with van der Waals surface area (Å²) in [6.07, 6.45) is 1.15. The first-order chi connectivity index (χ1) is 15.9. The highest BCUT2D eigenvalue weighted by atomic mass is 28.3. The van der Waals surface area contributed by atoms with Crippen LogP contribution in [0.15, 0.2) is 54.6 Å². The van der Waals surface area contributed by atoms with Crippen molar-refractivity contribution in [3.8, 4) is 0 Å². The van der Waals surface area contributed by atoms with Gasteiger partial charge in [-0.15, -0.1) is 0 Å². The maximum Gasteiger partial charge on any atom is 0.203 e. The van der Waals surface area contributed by atoms with Crippen LogP contribution in [0.5, 0.6) is 0 Å². The molecule has 3 aromatic carbocycles. The van der Waals surface area contributed by atoms with Crippen molar-refractivity contribution in [1.29, 1.82) is 0 Å². The van der Waals surface area contributed by atoms with E-state index in [-0.39, 0.29) is 0 Å². The molecule has 0 unspecified atom stereocenters. The van der Waals surface area contributed by atoms with Gasteiger partial charge in [0.15, 0.2) is 0 Å². The minimum Gasteiger partial charge on any atom is -0.369 e. The van der Waals surface area contributed by atoms with Gasteiger partial charge in [-0.1, -0.05) is 43.4 Å². The lowest BCUT2D eigenvalue weighted by Gasteiger charge is -2.36. The molecule has 0 saturated carbocycles. The summed E-state index contributed by atoms with van der Waals surface area (Å²) in [5, 5.41) is 9.61. The molecule has 0 aliphatic carbocycles. The van der Waals surface area contributed by atoms with E-state index in [2.05, 4.69) is 96.5 Å². The van der Waals surface area contributed by atoms with Gasteiger partial charge in [0.1, 0.15) is 21.7 Å². The quantitative estimate of drug-likeness (QED) is 0.469. The third-order valence-corrected chi connectivity index (χ3v) is 11.7. The molecule has 1 saturated heterocycles. The topological polar surface area (TPSA) is 18.3 Å². The number of hydrogen-bond donors (Lipinski definition) is 1. The van der Waals surface area contributed by atoms with Crippen molar-refractivity contribution in [3.63, 3.8) is 0 Å². The Morgan fingerprint density at radius 2 is 1.70 bits per heavy atom. The van der Waals surface area contributed by atoms with Gasteiger partial charge in [-0.25, -0.2) is 4.58 Å². The summed E-state index contributed by atoms with van der Waals surface area (Å²) in [6, 6.07) is 21.4. The number of benzene rings is 3. The second kappa shape index (κ2) is 7.68. The third kappa shape index (κ3) is 3.23. The first-order valence-electron chi connectivity index (χ1n) is 12.4. The van der Waals surface area contributed by atoms with E-state index in [1.807, 2.05) is 0 Å². The van der Waals surface area contributed by atoms with Crippen molar-refractivity contribution in [2.75, 3.05) is 44.7 Å². The van der Waals surface area contributed by atoms with Crippen LogP contribution in [-0.4, -0.2) is 47.8 Å². The zero-order chi connectivity index (χ0) is 22.7. The van der Waals surface area contributed by atoms with Crippen LogP contribution in [0.4, 0.5) is 5.69 Å². The molecule has 3 heterocycles. The number of likely N-dealkylation sites (N-methyl/N-ethyl adjacent to an activating group) is 1. The van der Waals surface area contributed by atoms with E-state index in [9.17, 15) is 0 Å². The largest absolute Gasteiger partial charge is 0.369 e. The second-order valence-corrected chi connectivity index (χ2v) is 14.8. The Balaban J connectivity index is 1.69. The minimum absolute atomic E-state index is 1.07. The van der Waals surface area contributed by atoms with E-state index in [1.165, 1.54) is 44.1 Å². The van der Waals surface area contributed by atoms with Crippen LogP contribution in [0.3, 0.4) is 0 Å². The molecule has 4 heteroatoms. The van der Waals surface area contributed by atoms with Gasteiger partial charge in [-0.2, -0.15) is 0 Å². The molecule has 33 heavy (non-hydrogen) atoms. The molecule has 3 nitrogen and oxygen atoms in total. The summed E-state index contributed by atoms with van der Waals surface area (Å²) >= 11 is 0. The Bertz CT molecular complexity index is 1400. The Hall–Kier alpha value is -2.69. The molecule has 0 amide bonds. The summed E-state index contributed by atoms with van der Waals surface area (Å²) in [4.78, 5) is 2.56. The predicted octanol–water partition coefficient (Wildman–Crippen LogP) is 1.46. The van der Waals surface area contributed by atoms with Gasteiger partial charge in [-0.05, 0) is 63.0 Å². The molecule has 0 aromatic heterocycles. The highest BCUT2D eigenvalue weighted by Crippen LogP contribution is 2.29. The van der Waals surface area contributed by atoms with Crippen LogP contribution in [0.2, 0.25) is 13.1 Å². The number of rotatable bonds is 2. The summed E-state index contributed by atoms with van der Waals surface area (Å²) < 4.78 is 2.44. The van der Waals surface area contributed by atoms with Crippen molar-refractivity contribution in [2.24, 2.45) is 0 Å². The molecular weight excluding hydrogens is 418 g/mol. The highest BCUT2D eigenvalue weighted by Gasteiger charge is 2.37. The molecular formula is C29H34N3Si+. The zero-order valence-electron chi connectivity index (χ0n) is 20.3. The van der Waals surface area contributed by atoms with Gasteiger partial charge < -0.3 is 10.2 Å². The molecule has 1 fully saturated rings. The summed E-state index contributed by atoms with van der Waals surface area (Å²) in [7, 11) is 0.367. The number of aryl methyl sites for hydroxylation is 1. The number of nitrogens with zero attached hydrogens (tertiary/aromatic N) is 2. The number of piperazine rings is 1. The fourth-order valence-corrected chi connectivity index (χ4v) is 9.19. The lowest BCUT2D eigenvalue weighted by molar-refractivity contribution is 0.589. The van der Waals surface area contributed by atoms with E-state index in [1.54, 1.807) is 10.4 Å². The van der Waals surface area contributed by atoms with E-state index in [0.29, 0.717) is 0 Å². The van der Waals surface area contributed by atoms with Crippen molar-refractivity contribution < 1.29 is 0 Å². The molecule has 0 radical (unpaired) electrons. The Kier molecular flexibility index (Phi) is 4.86. The number of anilines is 1. The van der Waals surface area contributed by atoms with Crippen LogP contribution >= 0.6 is 0 Å².